The minimum Gasteiger partial charge on any atom is -0.366 e. The van der Waals surface area contributed by atoms with Crippen LogP contribution in [0.2, 0.25) is 5.02 Å². The summed E-state index contributed by atoms with van der Waals surface area (Å²) in [6.45, 7) is 2.06. The molecule has 2 amide bonds. The van der Waals surface area contributed by atoms with Crippen molar-refractivity contribution in [3.05, 3.63) is 50.7 Å². The van der Waals surface area contributed by atoms with E-state index in [-0.39, 0.29) is 22.4 Å². The molecule has 0 radical (unpaired) electrons. The van der Waals surface area contributed by atoms with Gasteiger partial charge in [-0.3, -0.25) is 9.59 Å². The second-order valence-electron chi connectivity index (χ2n) is 5.45. The molecule has 2 unspecified atom stereocenters. The fraction of sp³-hybridized carbons (Fsp3) is 0.250. The average Bonchev–Trinajstić information content (AvgIpc) is 3.16. The number of hydrogen-bond acceptors (Lipinski definition) is 3. The van der Waals surface area contributed by atoms with Crippen LogP contribution in [-0.2, 0) is 4.79 Å². The van der Waals surface area contributed by atoms with Crippen LogP contribution in [0.25, 0.3) is 0 Å². The molecule has 1 aromatic carbocycles. The third-order valence-electron chi connectivity index (χ3n) is 3.75. The molecule has 0 aliphatic heterocycles. The molecule has 4 nitrogen and oxygen atoms in total. The molecule has 1 heterocycles. The van der Waals surface area contributed by atoms with Gasteiger partial charge in [-0.15, -0.1) is 11.3 Å². The number of anilines is 1. The lowest BCUT2D eigenvalue weighted by molar-refractivity contribution is -0.117. The second kappa shape index (κ2) is 5.74. The van der Waals surface area contributed by atoms with Gasteiger partial charge in [0, 0.05) is 27.3 Å². The van der Waals surface area contributed by atoms with Gasteiger partial charge in [-0.2, -0.15) is 0 Å². The summed E-state index contributed by atoms with van der Waals surface area (Å²) in [6, 6.07) is 8.90. The highest BCUT2D eigenvalue weighted by atomic mass is 35.5. The standard InChI is InChI=1S/C16H15ClN2O2S/c1-8-2-5-14(22-8)10-7-11(10)16(21)19-9-3-4-13(17)12(6-9)15(18)20/h2-6,10-11H,7H2,1H3,(H2,18,20)(H,19,21). The van der Waals surface area contributed by atoms with Crippen LogP contribution in [0.4, 0.5) is 5.69 Å². The van der Waals surface area contributed by atoms with Gasteiger partial charge in [0.1, 0.15) is 0 Å². The summed E-state index contributed by atoms with van der Waals surface area (Å²) in [5.41, 5.74) is 6.00. The van der Waals surface area contributed by atoms with E-state index >= 15 is 0 Å². The molecule has 22 heavy (non-hydrogen) atoms. The number of aryl methyl sites for hydroxylation is 1. The summed E-state index contributed by atoms with van der Waals surface area (Å²) in [6.07, 6.45) is 0.863. The molecule has 1 fully saturated rings. The van der Waals surface area contributed by atoms with Gasteiger partial charge in [-0.25, -0.2) is 0 Å². The van der Waals surface area contributed by atoms with Gasteiger partial charge in [0.2, 0.25) is 11.8 Å². The van der Waals surface area contributed by atoms with Gasteiger partial charge in [0.25, 0.3) is 0 Å². The number of benzene rings is 1. The topological polar surface area (TPSA) is 72.2 Å². The van der Waals surface area contributed by atoms with Gasteiger partial charge >= 0.3 is 0 Å². The zero-order valence-electron chi connectivity index (χ0n) is 11.9. The Kier molecular flexibility index (Phi) is 3.93. The molecule has 2 atom stereocenters. The van der Waals surface area contributed by atoms with Gasteiger partial charge < -0.3 is 11.1 Å². The highest BCUT2D eigenvalue weighted by molar-refractivity contribution is 7.12. The summed E-state index contributed by atoms with van der Waals surface area (Å²) in [4.78, 5) is 26.1. The smallest absolute Gasteiger partial charge is 0.250 e. The molecule has 0 spiro atoms. The van der Waals surface area contributed by atoms with Crippen molar-refractivity contribution in [2.45, 2.75) is 19.3 Å². The van der Waals surface area contributed by atoms with E-state index in [1.165, 1.54) is 15.8 Å². The lowest BCUT2D eigenvalue weighted by Gasteiger charge is -2.07. The zero-order chi connectivity index (χ0) is 15.9. The molecule has 2 aromatic rings. The molecule has 1 saturated carbocycles. The van der Waals surface area contributed by atoms with Crippen LogP contribution < -0.4 is 11.1 Å². The van der Waals surface area contributed by atoms with Crippen LogP contribution in [-0.4, -0.2) is 11.8 Å². The van der Waals surface area contributed by atoms with Crippen LogP contribution in [0.1, 0.15) is 32.5 Å². The van der Waals surface area contributed by atoms with Gasteiger partial charge in [-0.1, -0.05) is 11.6 Å². The predicted octanol–water partition coefficient (Wildman–Crippen LogP) is 3.55. The maximum atomic E-state index is 12.3. The highest BCUT2D eigenvalue weighted by Crippen LogP contribution is 2.50. The van der Waals surface area contributed by atoms with E-state index in [1.807, 2.05) is 0 Å². The fourth-order valence-electron chi connectivity index (χ4n) is 2.48. The molecular weight excluding hydrogens is 320 g/mol. The number of thiophene rings is 1. The number of rotatable bonds is 4. The molecule has 1 aromatic heterocycles. The van der Waals surface area contributed by atoms with Crippen LogP contribution in [0.3, 0.4) is 0 Å². The molecule has 3 rings (SSSR count). The zero-order valence-corrected chi connectivity index (χ0v) is 13.5. The fourth-order valence-corrected chi connectivity index (χ4v) is 3.75. The largest absolute Gasteiger partial charge is 0.366 e. The molecule has 6 heteroatoms. The van der Waals surface area contributed by atoms with E-state index in [0.29, 0.717) is 11.6 Å². The molecule has 0 bridgehead atoms. The van der Waals surface area contributed by atoms with Crippen molar-refractivity contribution < 1.29 is 9.59 Å². The number of primary amides is 1. The quantitative estimate of drug-likeness (QED) is 0.897. The number of halogens is 1. The van der Waals surface area contributed by atoms with E-state index in [4.69, 9.17) is 17.3 Å². The normalized spacial score (nSPS) is 19.7. The molecule has 1 aliphatic rings. The molecular formula is C16H15ClN2O2S. The van der Waals surface area contributed by atoms with Crippen molar-refractivity contribution in [1.82, 2.24) is 0 Å². The Morgan fingerprint density at radius 2 is 2.09 bits per heavy atom. The van der Waals surface area contributed by atoms with Crippen LogP contribution in [0.5, 0.6) is 0 Å². The third kappa shape index (κ3) is 3.00. The Bertz CT molecular complexity index is 756. The monoisotopic (exact) mass is 334 g/mol. The lowest BCUT2D eigenvalue weighted by atomic mass is 10.2. The summed E-state index contributed by atoms with van der Waals surface area (Å²) < 4.78 is 0. The van der Waals surface area contributed by atoms with Crippen molar-refractivity contribution in [2.24, 2.45) is 11.7 Å². The van der Waals surface area contributed by atoms with E-state index in [9.17, 15) is 9.59 Å². The number of nitrogens with one attached hydrogen (secondary N) is 1. The summed E-state index contributed by atoms with van der Waals surface area (Å²) in [7, 11) is 0. The average molecular weight is 335 g/mol. The first-order chi connectivity index (χ1) is 10.5. The summed E-state index contributed by atoms with van der Waals surface area (Å²) >= 11 is 7.63. The number of nitrogens with two attached hydrogens (primary N) is 1. The Balaban J connectivity index is 1.68. The Hall–Kier alpha value is -1.85. The van der Waals surface area contributed by atoms with Crippen molar-refractivity contribution in [3.8, 4) is 0 Å². The van der Waals surface area contributed by atoms with Crippen LogP contribution in [0.15, 0.2) is 30.3 Å². The minimum absolute atomic E-state index is 0.00856. The number of hydrogen-bond donors (Lipinski definition) is 2. The Morgan fingerprint density at radius 1 is 1.32 bits per heavy atom. The molecule has 3 N–H and O–H groups in total. The maximum Gasteiger partial charge on any atom is 0.250 e. The molecule has 0 saturated heterocycles. The van der Waals surface area contributed by atoms with E-state index < -0.39 is 5.91 Å². The van der Waals surface area contributed by atoms with Gasteiger partial charge in [-0.05, 0) is 43.7 Å². The van der Waals surface area contributed by atoms with E-state index in [2.05, 4.69) is 24.4 Å². The van der Waals surface area contributed by atoms with Crippen molar-refractivity contribution >= 4 is 40.4 Å². The first kappa shape index (κ1) is 15.1. The molecule has 114 valence electrons. The Labute approximate surface area is 137 Å². The number of carbonyl (C=O) groups is 2. The van der Waals surface area contributed by atoms with Crippen molar-refractivity contribution in [2.75, 3.05) is 5.32 Å². The van der Waals surface area contributed by atoms with Crippen molar-refractivity contribution in [3.63, 3.8) is 0 Å². The first-order valence-corrected chi connectivity index (χ1v) is 8.11. The second-order valence-corrected chi connectivity index (χ2v) is 7.17. The third-order valence-corrected chi connectivity index (χ3v) is 5.22. The van der Waals surface area contributed by atoms with Crippen LogP contribution in [0, 0.1) is 12.8 Å². The summed E-state index contributed by atoms with van der Waals surface area (Å²) in [5, 5.41) is 3.11. The Morgan fingerprint density at radius 3 is 2.73 bits per heavy atom. The predicted molar refractivity (Wildman–Crippen MR) is 88.5 cm³/mol. The number of amides is 2. The number of carbonyl (C=O) groups excluding carboxylic acids is 2. The van der Waals surface area contributed by atoms with Gasteiger partial charge in [0.05, 0.1) is 10.6 Å². The van der Waals surface area contributed by atoms with Crippen LogP contribution >= 0.6 is 22.9 Å². The SMILES string of the molecule is Cc1ccc(C2CC2C(=O)Nc2ccc(Cl)c(C(N)=O)c2)s1. The van der Waals surface area contributed by atoms with Crippen molar-refractivity contribution in [1.29, 1.82) is 0 Å². The van der Waals surface area contributed by atoms with E-state index in [1.54, 1.807) is 23.5 Å². The van der Waals surface area contributed by atoms with Gasteiger partial charge in [0.15, 0.2) is 0 Å². The first-order valence-electron chi connectivity index (χ1n) is 6.92. The maximum absolute atomic E-state index is 12.3. The summed E-state index contributed by atoms with van der Waals surface area (Å²) in [5.74, 6) is -0.347. The highest BCUT2D eigenvalue weighted by Gasteiger charge is 2.44. The lowest BCUT2D eigenvalue weighted by Crippen LogP contribution is -2.16. The van der Waals surface area contributed by atoms with E-state index in [0.717, 1.165) is 6.42 Å². The molecule has 1 aliphatic carbocycles. The minimum atomic E-state index is -0.612.